The summed E-state index contributed by atoms with van der Waals surface area (Å²) in [6.07, 6.45) is 0. The van der Waals surface area contributed by atoms with E-state index in [0.29, 0.717) is 25.2 Å². The third-order valence-electron chi connectivity index (χ3n) is 4.82. The van der Waals surface area contributed by atoms with Crippen LogP contribution in [0.3, 0.4) is 0 Å². The zero-order chi connectivity index (χ0) is 18.9. The molecule has 1 aliphatic rings. The van der Waals surface area contributed by atoms with Gasteiger partial charge >= 0.3 is 5.97 Å². The first-order chi connectivity index (χ1) is 12.4. The SMILES string of the molecule is COC(=O)c1scc(C)c1S(=O)(=O)N1C[C@@H](CN)[C@H](c2ccccc2)C1.Cl. The minimum atomic E-state index is -3.81. The van der Waals surface area contributed by atoms with Crippen LogP contribution in [0.25, 0.3) is 0 Å². The number of aryl methyl sites for hydroxylation is 1. The van der Waals surface area contributed by atoms with Crippen LogP contribution in [-0.4, -0.2) is 45.4 Å². The Labute approximate surface area is 169 Å². The van der Waals surface area contributed by atoms with Crippen LogP contribution < -0.4 is 5.73 Å². The highest BCUT2D eigenvalue weighted by Gasteiger charge is 2.41. The van der Waals surface area contributed by atoms with Gasteiger partial charge in [0.05, 0.1) is 7.11 Å². The molecule has 0 unspecified atom stereocenters. The second kappa shape index (κ2) is 8.70. The molecule has 27 heavy (non-hydrogen) atoms. The van der Waals surface area contributed by atoms with Crippen LogP contribution in [0.2, 0.25) is 0 Å². The lowest BCUT2D eigenvalue weighted by molar-refractivity contribution is 0.0602. The molecular weight excluding hydrogens is 408 g/mol. The van der Waals surface area contributed by atoms with Crippen LogP contribution in [-0.2, 0) is 14.8 Å². The van der Waals surface area contributed by atoms with Gasteiger partial charge in [0.15, 0.2) is 0 Å². The molecule has 0 spiro atoms. The van der Waals surface area contributed by atoms with Crippen molar-refractivity contribution in [1.29, 1.82) is 0 Å². The molecule has 2 heterocycles. The average molecular weight is 431 g/mol. The Morgan fingerprint density at radius 2 is 1.96 bits per heavy atom. The number of methoxy groups -OCH3 is 1. The van der Waals surface area contributed by atoms with E-state index in [1.165, 1.54) is 11.4 Å². The van der Waals surface area contributed by atoms with E-state index in [0.717, 1.165) is 16.9 Å². The highest BCUT2D eigenvalue weighted by atomic mass is 35.5. The molecule has 0 radical (unpaired) electrons. The number of rotatable bonds is 5. The fourth-order valence-electron chi connectivity index (χ4n) is 3.46. The zero-order valence-corrected chi connectivity index (χ0v) is 17.6. The summed E-state index contributed by atoms with van der Waals surface area (Å²) >= 11 is 1.09. The van der Waals surface area contributed by atoms with E-state index in [1.54, 1.807) is 12.3 Å². The number of hydrogen-bond acceptors (Lipinski definition) is 6. The lowest BCUT2D eigenvalue weighted by atomic mass is 9.89. The van der Waals surface area contributed by atoms with E-state index in [9.17, 15) is 13.2 Å². The van der Waals surface area contributed by atoms with Crippen LogP contribution in [0.5, 0.6) is 0 Å². The van der Waals surface area contributed by atoms with Crippen molar-refractivity contribution >= 4 is 39.7 Å². The third kappa shape index (κ3) is 4.05. The van der Waals surface area contributed by atoms with Crippen molar-refractivity contribution in [2.45, 2.75) is 17.7 Å². The number of halogens is 1. The monoisotopic (exact) mass is 430 g/mol. The topological polar surface area (TPSA) is 89.7 Å². The molecule has 6 nitrogen and oxygen atoms in total. The highest BCUT2D eigenvalue weighted by Crippen LogP contribution is 2.37. The van der Waals surface area contributed by atoms with E-state index in [-0.39, 0.29) is 34.0 Å². The van der Waals surface area contributed by atoms with Crippen molar-refractivity contribution in [2.75, 3.05) is 26.7 Å². The van der Waals surface area contributed by atoms with Crippen molar-refractivity contribution in [3.63, 3.8) is 0 Å². The van der Waals surface area contributed by atoms with Crippen LogP contribution in [0.4, 0.5) is 0 Å². The lowest BCUT2D eigenvalue weighted by Gasteiger charge is -2.17. The van der Waals surface area contributed by atoms with E-state index < -0.39 is 16.0 Å². The largest absolute Gasteiger partial charge is 0.465 e. The van der Waals surface area contributed by atoms with Gasteiger partial charge < -0.3 is 10.5 Å². The number of carbonyl (C=O) groups is 1. The van der Waals surface area contributed by atoms with E-state index in [2.05, 4.69) is 0 Å². The molecule has 1 aromatic heterocycles. The maximum absolute atomic E-state index is 13.3. The molecule has 9 heteroatoms. The fourth-order valence-corrected chi connectivity index (χ4v) is 6.64. The number of nitrogens with two attached hydrogens (primary N) is 1. The van der Waals surface area contributed by atoms with E-state index >= 15 is 0 Å². The fraction of sp³-hybridized carbons (Fsp3) is 0.389. The molecule has 0 aliphatic carbocycles. The summed E-state index contributed by atoms with van der Waals surface area (Å²) in [7, 11) is -2.56. The molecular formula is C18H23ClN2O4S2. The number of benzene rings is 1. The van der Waals surface area contributed by atoms with Gasteiger partial charge in [-0.2, -0.15) is 4.31 Å². The van der Waals surface area contributed by atoms with Gasteiger partial charge in [0, 0.05) is 19.0 Å². The number of esters is 1. The molecule has 2 N–H and O–H groups in total. The predicted octanol–water partition coefficient (Wildman–Crippen LogP) is 2.63. The maximum atomic E-state index is 13.3. The highest BCUT2D eigenvalue weighted by molar-refractivity contribution is 7.89. The average Bonchev–Trinajstić information content (AvgIpc) is 3.26. The molecule has 1 aliphatic heterocycles. The van der Waals surface area contributed by atoms with Crippen LogP contribution in [0.15, 0.2) is 40.6 Å². The second-order valence-corrected chi connectivity index (χ2v) is 9.16. The Kier molecular flexibility index (Phi) is 7.04. The number of carbonyl (C=O) groups excluding carboxylic acids is 1. The Morgan fingerprint density at radius 1 is 1.30 bits per heavy atom. The summed E-state index contributed by atoms with van der Waals surface area (Å²) in [5.74, 6) is -0.556. The first-order valence-corrected chi connectivity index (χ1v) is 10.6. The molecule has 1 saturated heterocycles. The van der Waals surface area contributed by atoms with Gasteiger partial charge in [-0.1, -0.05) is 30.3 Å². The summed E-state index contributed by atoms with van der Waals surface area (Å²) in [6.45, 7) is 2.79. The van der Waals surface area contributed by atoms with E-state index in [4.69, 9.17) is 10.5 Å². The van der Waals surface area contributed by atoms with E-state index in [1.807, 2.05) is 30.3 Å². The van der Waals surface area contributed by atoms with Crippen molar-refractivity contribution in [2.24, 2.45) is 11.7 Å². The number of hydrogen-bond donors (Lipinski definition) is 1. The normalized spacial score (nSPS) is 20.3. The summed E-state index contributed by atoms with van der Waals surface area (Å²) in [6, 6.07) is 9.82. The summed E-state index contributed by atoms with van der Waals surface area (Å²) in [5.41, 5.74) is 7.56. The van der Waals surface area contributed by atoms with Gasteiger partial charge in [0.1, 0.15) is 9.77 Å². The second-order valence-electron chi connectivity index (χ2n) is 6.40. The van der Waals surface area contributed by atoms with Gasteiger partial charge in [0.25, 0.3) is 0 Å². The van der Waals surface area contributed by atoms with Crippen molar-refractivity contribution < 1.29 is 17.9 Å². The quantitative estimate of drug-likeness (QED) is 0.736. The number of ether oxygens (including phenoxy) is 1. The molecule has 0 saturated carbocycles. The standard InChI is InChI=1S/C18H22N2O4S2.ClH/c1-12-11-25-16(18(21)24-2)17(12)26(22,23)20-9-14(8-19)15(10-20)13-6-4-3-5-7-13;/h3-7,11,14-15H,8-10,19H2,1-2H3;1H/t14-,15+;/m1./s1. The summed E-state index contributed by atoms with van der Waals surface area (Å²) in [5, 5.41) is 1.67. The first-order valence-electron chi connectivity index (χ1n) is 8.31. The van der Waals surface area contributed by atoms with Crippen LogP contribution in [0.1, 0.15) is 26.7 Å². The number of sulfonamides is 1. The van der Waals surface area contributed by atoms with Crippen molar-refractivity contribution in [1.82, 2.24) is 4.31 Å². The minimum Gasteiger partial charge on any atom is -0.465 e. The first kappa shape index (κ1) is 21.8. The number of nitrogens with zero attached hydrogens (tertiary/aromatic N) is 1. The van der Waals surface area contributed by atoms with Gasteiger partial charge in [-0.25, -0.2) is 13.2 Å². The van der Waals surface area contributed by atoms with Crippen LogP contribution >= 0.6 is 23.7 Å². The summed E-state index contributed by atoms with van der Waals surface area (Å²) < 4.78 is 32.8. The van der Waals surface area contributed by atoms with Gasteiger partial charge in [-0.3, -0.25) is 0 Å². The molecule has 3 rings (SSSR count). The van der Waals surface area contributed by atoms with Crippen molar-refractivity contribution in [3.05, 3.63) is 51.7 Å². The predicted molar refractivity (Wildman–Crippen MR) is 108 cm³/mol. The molecule has 1 fully saturated rings. The Bertz CT molecular complexity index is 899. The Balaban J connectivity index is 0.00000261. The zero-order valence-electron chi connectivity index (χ0n) is 15.1. The molecule has 0 amide bonds. The molecule has 148 valence electrons. The minimum absolute atomic E-state index is 0. The molecule has 1 aromatic carbocycles. The van der Waals surface area contributed by atoms with Crippen LogP contribution in [0, 0.1) is 12.8 Å². The Hall–Kier alpha value is -1.45. The smallest absolute Gasteiger partial charge is 0.349 e. The van der Waals surface area contributed by atoms with Gasteiger partial charge in [0.2, 0.25) is 10.0 Å². The number of thiophene rings is 1. The van der Waals surface area contributed by atoms with Crippen molar-refractivity contribution in [3.8, 4) is 0 Å². The molecule has 2 atom stereocenters. The third-order valence-corrected chi connectivity index (χ3v) is 8.05. The molecule has 0 bridgehead atoms. The molecule has 2 aromatic rings. The van der Waals surface area contributed by atoms with Gasteiger partial charge in [-0.05, 0) is 35.9 Å². The maximum Gasteiger partial charge on any atom is 0.349 e. The van der Waals surface area contributed by atoms with Gasteiger partial charge in [-0.15, -0.1) is 23.7 Å². The lowest BCUT2D eigenvalue weighted by Crippen LogP contribution is -2.31. The summed E-state index contributed by atoms with van der Waals surface area (Å²) in [4.78, 5) is 12.2. The Morgan fingerprint density at radius 3 is 2.56 bits per heavy atom.